The molecule has 2 atom stereocenters. The van der Waals surface area contributed by atoms with Crippen LogP contribution in [0.15, 0.2) is 27.4 Å². The molecule has 0 aliphatic rings. The molecule has 62 heavy (non-hydrogen) atoms. The van der Waals surface area contributed by atoms with Gasteiger partial charge >= 0.3 is 25.4 Å². The van der Waals surface area contributed by atoms with Crippen molar-refractivity contribution in [3.8, 4) is 5.75 Å². The molecular formula is C45H71ClN2O13P-. The van der Waals surface area contributed by atoms with Crippen LogP contribution >= 0.6 is 19.4 Å². The number of unbranched alkanes of at least 4 members (excludes halogenated alkanes) is 20. The third kappa shape index (κ3) is 25.6. The number of amides is 2. The average Bonchev–Trinajstić information content (AvgIpc) is 3.24. The number of carbonyl (C=O) groups excluding carboxylic acids is 4. The number of halogens is 1. The monoisotopic (exact) mass is 913 g/mol. The van der Waals surface area contributed by atoms with Crippen molar-refractivity contribution in [1.29, 1.82) is 0 Å². The van der Waals surface area contributed by atoms with Crippen molar-refractivity contribution in [2.24, 2.45) is 0 Å². The van der Waals surface area contributed by atoms with E-state index in [2.05, 4.69) is 24.5 Å². The second-order valence-corrected chi connectivity index (χ2v) is 17.6. The van der Waals surface area contributed by atoms with Crippen LogP contribution in [0.1, 0.15) is 178 Å². The van der Waals surface area contributed by atoms with Gasteiger partial charge in [-0.1, -0.05) is 160 Å². The van der Waals surface area contributed by atoms with Crippen LogP contribution in [0.25, 0.3) is 11.0 Å². The average molecular weight is 914 g/mol. The van der Waals surface area contributed by atoms with E-state index < -0.39 is 74.4 Å². The molecule has 1 aromatic heterocycles. The number of phosphoric acid groups is 1. The Morgan fingerprint density at radius 1 is 0.726 bits per heavy atom. The molecule has 0 spiro atoms. The maximum Gasteiger partial charge on any atom is 0.472 e. The smallest absolute Gasteiger partial charge is 0.472 e. The van der Waals surface area contributed by atoms with Crippen molar-refractivity contribution in [2.45, 2.75) is 174 Å². The van der Waals surface area contributed by atoms with E-state index in [0.717, 1.165) is 44.6 Å². The first-order chi connectivity index (χ1) is 29.8. The highest BCUT2D eigenvalue weighted by molar-refractivity contribution is 7.47. The Hall–Kier alpha value is -3.49. The normalized spacial score (nSPS) is 12.8. The van der Waals surface area contributed by atoms with Crippen LogP contribution in [-0.4, -0.2) is 67.7 Å². The maximum absolute atomic E-state index is 12.7. The lowest BCUT2D eigenvalue weighted by atomic mass is 10.1. The van der Waals surface area contributed by atoms with E-state index in [1.54, 1.807) is 0 Å². The third-order valence-electron chi connectivity index (χ3n) is 10.2. The second-order valence-electron chi connectivity index (χ2n) is 15.8. The molecule has 3 N–H and O–H groups in total. The predicted molar refractivity (Wildman–Crippen MR) is 237 cm³/mol. The molecule has 0 saturated carbocycles. The van der Waals surface area contributed by atoms with Crippen LogP contribution in [-0.2, 0) is 37.5 Å². The second kappa shape index (κ2) is 33.1. The summed E-state index contributed by atoms with van der Waals surface area (Å²) in [7, 11) is -4.72. The zero-order valence-corrected chi connectivity index (χ0v) is 38.6. The zero-order chi connectivity index (χ0) is 45.4. The van der Waals surface area contributed by atoms with E-state index in [1.165, 1.54) is 102 Å². The van der Waals surface area contributed by atoms with Crippen molar-refractivity contribution in [1.82, 2.24) is 10.6 Å². The number of fused-ring (bicyclic) bond motifs is 1. The molecule has 17 heteroatoms. The Morgan fingerprint density at radius 3 is 1.79 bits per heavy atom. The summed E-state index contributed by atoms with van der Waals surface area (Å²) < 4.78 is 38.6. The van der Waals surface area contributed by atoms with E-state index in [9.17, 15) is 38.5 Å². The van der Waals surface area contributed by atoms with Crippen molar-refractivity contribution in [3.63, 3.8) is 0 Å². The number of nitrogens with one attached hydrogen (secondary N) is 2. The molecule has 2 amide bonds. The Kier molecular flexibility index (Phi) is 29.2. The molecule has 1 aromatic carbocycles. The van der Waals surface area contributed by atoms with Gasteiger partial charge in [0.2, 0.25) is 5.91 Å². The number of hydrogen-bond acceptors (Lipinski definition) is 12. The van der Waals surface area contributed by atoms with Crippen molar-refractivity contribution < 1.29 is 56.7 Å². The van der Waals surface area contributed by atoms with Crippen molar-refractivity contribution >= 4 is 54.1 Å². The summed E-state index contributed by atoms with van der Waals surface area (Å²) in [4.78, 5) is 72.7. The first kappa shape index (κ1) is 54.6. The summed E-state index contributed by atoms with van der Waals surface area (Å²) in [6.45, 7) is 2.18. The number of benzene rings is 1. The van der Waals surface area contributed by atoms with Gasteiger partial charge in [0.15, 0.2) is 6.10 Å². The molecule has 2 unspecified atom stereocenters. The summed E-state index contributed by atoms with van der Waals surface area (Å²) in [5.41, 5.74) is -1.49. The van der Waals surface area contributed by atoms with Gasteiger partial charge in [0.1, 0.15) is 17.8 Å². The molecule has 0 aliphatic carbocycles. The molecule has 15 nitrogen and oxygen atoms in total. The lowest BCUT2D eigenvalue weighted by Gasteiger charge is -2.20. The van der Waals surface area contributed by atoms with Gasteiger partial charge in [-0.25, -0.2) is 9.36 Å². The fourth-order valence-electron chi connectivity index (χ4n) is 6.65. The van der Waals surface area contributed by atoms with Crippen LogP contribution < -0.4 is 21.4 Å². The number of phosphoric ester groups is 1. The summed E-state index contributed by atoms with van der Waals surface area (Å²) in [6.07, 6.45) is 24.1. The minimum Gasteiger partial charge on any atom is -0.871 e. The molecule has 352 valence electrons. The quantitative estimate of drug-likeness (QED) is 0.0249. The highest BCUT2D eigenvalue weighted by Gasteiger charge is 2.26. The van der Waals surface area contributed by atoms with Gasteiger partial charge in [-0.15, -0.1) is 0 Å². The predicted octanol–water partition coefficient (Wildman–Crippen LogP) is 9.36. The van der Waals surface area contributed by atoms with Gasteiger partial charge in [-0.3, -0.25) is 28.2 Å². The van der Waals surface area contributed by atoms with E-state index in [1.807, 2.05) is 0 Å². The third-order valence-corrected chi connectivity index (χ3v) is 11.5. The molecular weight excluding hydrogens is 843 g/mol. The highest BCUT2D eigenvalue weighted by Crippen LogP contribution is 2.43. The molecule has 1 heterocycles. The minimum atomic E-state index is -4.72. The first-order valence-corrected chi connectivity index (χ1v) is 24.7. The molecule has 0 radical (unpaired) electrons. The Morgan fingerprint density at radius 2 is 1.24 bits per heavy atom. The maximum atomic E-state index is 12.7. The summed E-state index contributed by atoms with van der Waals surface area (Å²) in [5.74, 6) is -3.19. The van der Waals surface area contributed by atoms with Crippen LogP contribution in [0.5, 0.6) is 5.75 Å². The lowest BCUT2D eigenvalue weighted by Crippen LogP contribution is -2.39. The Labute approximate surface area is 372 Å². The fourth-order valence-corrected chi connectivity index (χ4v) is 7.57. The topological polar surface area (TPSA) is 220 Å². The summed E-state index contributed by atoms with van der Waals surface area (Å²) in [6, 6.07) is 3.46. The van der Waals surface area contributed by atoms with Gasteiger partial charge < -0.3 is 34.5 Å². The van der Waals surface area contributed by atoms with Crippen molar-refractivity contribution in [3.05, 3.63) is 39.2 Å². The summed E-state index contributed by atoms with van der Waals surface area (Å²) in [5, 5.41) is 16.5. The van der Waals surface area contributed by atoms with E-state index in [-0.39, 0.29) is 42.0 Å². The Bertz CT molecular complexity index is 1720. The molecule has 0 saturated heterocycles. The van der Waals surface area contributed by atoms with Crippen LogP contribution in [0.2, 0.25) is 5.02 Å². The molecule has 2 rings (SSSR count). The van der Waals surface area contributed by atoms with Gasteiger partial charge in [0.05, 0.1) is 19.8 Å². The number of esters is 2. The zero-order valence-electron chi connectivity index (χ0n) is 37.0. The summed E-state index contributed by atoms with van der Waals surface area (Å²) >= 11 is 5.84. The van der Waals surface area contributed by atoms with Gasteiger partial charge in [-0.2, -0.15) is 0 Å². The van der Waals surface area contributed by atoms with Crippen molar-refractivity contribution in [2.75, 3.05) is 32.9 Å². The number of ether oxygens (including phenoxy) is 2. The van der Waals surface area contributed by atoms with Crippen LogP contribution in [0.4, 0.5) is 0 Å². The van der Waals surface area contributed by atoms with Gasteiger partial charge in [0.25, 0.3) is 5.91 Å². The Balaban J connectivity index is 1.76. The first-order valence-electron chi connectivity index (χ1n) is 22.8. The number of rotatable bonds is 37. The van der Waals surface area contributed by atoms with Gasteiger partial charge in [-0.05, 0) is 31.0 Å². The van der Waals surface area contributed by atoms with Crippen LogP contribution in [0, 0.1) is 0 Å². The lowest BCUT2D eigenvalue weighted by molar-refractivity contribution is -0.268. The van der Waals surface area contributed by atoms with E-state index in [0.29, 0.717) is 12.8 Å². The van der Waals surface area contributed by atoms with Gasteiger partial charge in [0, 0.05) is 29.8 Å². The molecule has 0 fully saturated rings. The largest absolute Gasteiger partial charge is 0.871 e. The van der Waals surface area contributed by atoms with E-state index in [4.69, 9.17) is 34.5 Å². The molecule has 0 aliphatic heterocycles. The molecule has 0 bridgehead atoms. The fraction of sp³-hybridized carbons (Fsp3) is 0.711. The molecule has 2 aromatic rings. The van der Waals surface area contributed by atoms with Crippen LogP contribution in [0.3, 0.4) is 0 Å². The van der Waals surface area contributed by atoms with E-state index >= 15 is 0 Å². The number of carbonyl (C=O) groups is 4. The SMILES string of the molecule is CCCCCCCCCCCCCC(=O)OCC(COP(=O)(O)OCCNC(=O)CNC(=O)c1cc2cc(Cl)c([O-])cc2oc1=O)OC(=O)CCCCCCCCCCCCC. The standard InChI is InChI=1S/C45H72ClN2O13P/c1-3-5-7-9-11-13-15-17-19-21-23-25-42(51)57-33-36(60-43(52)26-24-22-20-18-16-14-12-10-8-6-4-2)34-59-62(55,56)58-28-27-47-41(50)32-48-44(53)37-29-35-30-38(46)39(49)31-40(35)61-45(37)54/h29-31,36,49H,3-28,32-34H2,1-2H3,(H,47,50)(H,48,53)(H,55,56)/p-1. The highest BCUT2D eigenvalue weighted by atomic mass is 35.5. The number of hydrogen-bond donors (Lipinski definition) is 3. The minimum absolute atomic E-state index is 0.0522.